The lowest BCUT2D eigenvalue weighted by Gasteiger charge is -2.22. The fourth-order valence-electron chi connectivity index (χ4n) is 1.89. The zero-order valence-corrected chi connectivity index (χ0v) is 13.4. The van der Waals surface area contributed by atoms with Gasteiger partial charge in [-0.15, -0.1) is 11.8 Å². The quantitative estimate of drug-likeness (QED) is 0.607. The van der Waals surface area contributed by atoms with Crippen molar-refractivity contribution in [2.24, 2.45) is 0 Å². The van der Waals surface area contributed by atoms with Gasteiger partial charge in [-0.3, -0.25) is 5.32 Å². The Labute approximate surface area is 127 Å². The molecule has 1 aliphatic rings. The molecular weight excluding hydrogens is 322 g/mol. The Hall–Kier alpha value is -0.570. The van der Waals surface area contributed by atoms with Crippen LogP contribution in [0.15, 0.2) is 27.8 Å². The fourth-order valence-corrected chi connectivity index (χ4v) is 2.91. The summed E-state index contributed by atoms with van der Waals surface area (Å²) in [5.41, 5.74) is -0.366. The molecule has 1 atom stereocenters. The first kappa shape index (κ1) is 14.8. The lowest BCUT2D eigenvalue weighted by molar-refractivity contribution is 0.412. The summed E-state index contributed by atoms with van der Waals surface area (Å²) in [6.45, 7) is 2.01. The minimum atomic E-state index is -0.366. The number of thioether (sulfide) groups is 1. The summed E-state index contributed by atoms with van der Waals surface area (Å²) in [6, 6.07) is 7.01. The average Bonchev–Trinajstić information content (AvgIpc) is 3.21. The van der Waals surface area contributed by atoms with E-state index < -0.39 is 0 Å². The minimum Gasteiger partial charge on any atom is -0.297 e. The third kappa shape index (κ3) is 5.13. The summed E-state index contributed by atoms with van der Waals surface area (Å²) in [5.74, 6) is 0.998. The molecule has 0 saturated heterocycles. The second-order valence-corrected chi connectivity index (χ2v) is 7.16. The summed E-state index contributed by atoms with van der Waals surface area (Å²) in [6.07, 6.45) is 6.16. The molecule has 1 saturated carbocycles. The van der Waals surface area contributed by atoms with Gasteiger partial charge in [-0.2, -0.15) is 5.26 Å². The van der Waals surface area contributed by atoms with Crippen LogP contribution in [-0.4, -0.2) is 22.3 Å². The van der Waals surface area contributed by atoms with Crippen LogP contribution >= 0.6 is 27.7 Å². The smallest absolute Gasteiger partial charge is 0.104 e. The molecule has 2 rings (SSSR count). The molecule has 1 heterocycles. The van der Waals surface area contributed by atoms with Gasteiger partial charge in [-0.1, -0.05) is 0 Å². The molecule has 0 spiro atoms. The number of aromatic nitrogens is 1. The highest BCUT2D eigenvalue weighted by Crippen LogP contribution is 2.25. The van der Waals surface area contributed by atoms with Crippen LogP contribution in [-0.2, 0) is 0 Å². The van der Waals surface area contributed by atoms with E-state index in [1.807, 2.05) is 25.3 Å². The molecule has 0 radical (unpaired) electrons. The third-order valence-electron chi connectivity index (χ3n) is 3.12. The number of nitriles is 1. The molecule has 3 nitrogen and oxygen atoms in total. The predicted octanol–water partition coefficient (Wildman–Crippen LogP) is 3.75. The molecule has 102 valence electrons. The highest BCUT2D eigenvalue weighted by Gasteiger charge is 2.31. The van der Waals surface area contributed by atoms with Crippen LogP contribution in [0.2, 0.25) is 0 Å². The highest BCUT2D eigenvalue weighted by atomic mass is 79.9. The summed E-state index contributed by atoms with van der Waals surface area (Å²) >= 11 is 5.12. The van der Waals surface area contributed by atoms with Crippen LogP contribution in [0.3, 0.4) is 0 Å². The van der Waals surface area contributed by atoms with E-state index in [0.717, 1.165) is 28.1 Å². The first-order chi connectivity index (χ1) is 9.11. The summed E-state index contributed by atoms with van der Waals surface area (Å²) in [7, 11) is 0. The van der Waals surface area contributed by atoms with Crippen LogP contribution in [0.25, 0.3) is 0 Å². The second-order valence-electron chi connectivity index (χ2n) is 5.13. The molecule has 1 unspecified atom stereocenters. The highest BCUT2D eigenvalue weighted by molar-refractivity contribution is 9.10. The van der Waals surface area contributed by atoms with Crippen molar-refractivity contribution in [3.63, 3.8) is 0 Å². The van der Waals surface area contributed by atoms with E-state index >= 15 is 0 Å². The summed E-state index contributed by atoms with van der Waals surface area (Å²) in [4.78, 5) is 4.33. The molecular formula is C14H18BrN3S. The first-order valence-corrected chi connectivity index (χ1v) is 8.32. The van der Waals surface area contributed by atoms with Gasteiger partial charge in [0, 0.05) is 16.7 Å². The lowest BCUT2D eigenvalue weighted by Crippen LogP contribution is -2.42. The Bertz CT molecular complexity index is 453. The second kappa shape index (κ2) is 6.74. The number of rotatable bonds is 7. The first-order valence-electron chi connectivity index (χ1n) is 6.55. The van der Waals surface area contributed by atoms with Gasteiger partial charge in [0.2, 0.25) is 0 Å². The third-order valence-corrected chi connectivity index (χ3v) is 4.62. The van der Waals surface area contributed by atoms with Gasteiger partial charge in [-0.05, 0) is 66.4 Å². The van der Waals surface area contributed by atoms with Crippen molar-refractivity contribution >= 4 is 27.7 Å². The normalized spacial score (nSPS) is 17.7. The van der Waals surface area contributed by atoms with Crippen LogP contribution < -0.4 is 5.32 Å². The average molecular weight is 340 g/mol. The predicted molar refractivity (Wildman–Crippen MR) is 82.1 cm³/mol. The largest absolute Gasteiger partial charge is 0.297 e. The van der Waals surface area contributed by atoms with Crippen LogP contribution in [0, 0.1) is 11.3 Å². The van der Waals surface area contributed by atoms with E-state index in [-0.39, 0.29) is 5.54 Å². The van der Waals surface area contributed by atoms with Crippen molar-refractivity contribution in [1.29, 1.82) is 5.26 Å². The molecule has 0 bridgehead atoms. The topological polar surface area (TPSA) is 48.7 Å². The van der Waals surface area contributed by atoms with Gasteiger partial charge in [0.15, 0.2) is 0 Å². The monoisotopic (exact) mass is 339 g/mol. The van der Waals surface area contributed by atoms with Gasteiger partial charge in [0.05, 0.1) is 11.1 Å². The van der Waals surface area contributed by atoms with Crippen molar-refractivity contribution < 1.29 is 0 Å². The van der Waals surface area contributed by atoms with E-state index in [0.29, 0.717) is 6.04 Å². The van der Waals surface area contributed by atoms with E-state index in [1.165, 1.54) is 12.8 Å². The number of hydrogen-bond donors (Lipinski definition) is 1. The maximum Gasteiger partial charge on any atom is 0.104 e. The fraction of sp³-hybridized carbons (Fsp3) is 0.571. The number of hydrogen-bond acceptors (Lipinski definition) is 4. The van der Waals surface area contributed by atoms with Gasteiger partial charge in [0.25, 0.3) is 0 Å². The maximum absolute atomic E-state index is 9.27. The Kier molecular flexibility index (Phi) is 5.26. The molecule has 5 heteroatoms. The van der Waals surface area contributed by atoms with E-state index in [2.05, 4.69) is 32.3 Å². The van der Waals surface area contributed by atoms with Crippen molar-refractivity contribution in [2.45, 2.75) is 49.2 Å². The number of nitrogens with zero attached hydrogens (tertiary/aromatic N) is 2. The van der Waals surface area contributed by atoms with Crippen molar-refractivity contribution in [3.8, 4) is 6.07 Å². The molecule has 19 heavy (non-hydrogen) atoms. The minimum absolute atomic E-state index is 0.366. The van der Waals surface area contributed by atoms with Gasteiger partial charge >= 0.3 is 0 Å². The summed E-state index contributed by atoms with van der Waals surface area (Å²) < 4.78 is 1.00. The molecule has 0 aliphatic heterocycles. The van der Waals surface area contributed by atoms with Crippen LogP contribution in [0.5, 0.6) is 0 Å². The number of pyridine rings is 1. The molecule has 0 amide bonds. The Balaban J connectivity index is 1.70. The number of nitrogens with one attached hydrogen (secondary N) is 1. The zero-order valence-electron chi connectivity index (χ0n) is 11.0. The standard InChI is InChI=1S/C14H18BrN3S/c1-14(10-16,18-12-4-5-12)7-2-8-19-13-6-3-11(15)9-17-13/h3,6,9,12,18H,2,4-5,7-8H2,1H3. The Morgan fingerprint density at radius 1 is 1.58 bits per heavy atom. The van der Waals surface area contributed by atoms with Gasteiger partial charge in [0.1, 0.15) is 5.54 Å². The molecule has 1 N–H and O–H groups in total. The van der Waals surface area contributed by atoms with E-state index in [1.54, 1.807) is 11.8 Å². The van der Waals surface area contributed by atoms with E-state index in [9.17, 15) is 5.26 Å². The molecule has 1 aliphatic carbocycles. The van der Waals surface area contributed by atoms with Gasteiger partial charge < -0.3 is 0 Å². The van der Waals surface area contributed by atoms with Gasteiger partial charge in [-0.25, -0.2) is 4.98 Å². The lowest BCUT2D eigenvalue weighted by atomic mass is 9.98. The van der Waals surface area contributed by atoms with Crippen LogP contribution in [0.4, 0.5) is 0 Å². The Morgan fingerprint density at radius 2 is 2.37 bits per heavy atom. The molecule has 1 aromatic heterocycles. The van der Waals surface area contributed by atoms with Crippen molar-refractivity contribution in [3.05, 3.63) is 22.8 Å². The molecule has 0 aromatic carbocycles. The van der Waals surface area contributed by atoms with Crippen LogP contribution in [0.1, 0.15) is 32.6 Å². The summed E-state index contributed by atoms with van der Waals surface area (Å²) in [5, 5.41) is 13.7. The SMILES string of the molecule is CC(C#N)(CCCSc1ccc(Br)cn1)NC1CC1. The number of halogens is 1. The maximum atomic E-state index is 9.27. The Morgan fingerprint density at radius 3 is 2.95 bits per heavy atom. The zero-order chi connectivity index (χ0) is 13.7. The van der Waals surface area contributed by atoms with E-state index in [4.69, 9.17) is 0 Å². The van der Waals surface area contributed by atoms with Crippen molar-refractivity contribution in [1.82, 2.24) is 10.3 Å². The molecule has 1 fully saturated rings. The molecule has 1 aromatic rings. The van der Waals surface area contributed by atoms with Crippen molar-refractivity contribution in [2.75, 3.05) is 5.75 Å².